The second-order valence-corrected chi connectivity index (χ2v) is 9.59. The van der Waals surface area contributed by atoms with Crippen LogP contribution in [-0.4, -0.2) is 71.5 Å². The van der Waals surface area contributed by atoms with Crippen molar-refractivity contribution >= 4 is 11.7 Å². The summed E-state index contributed by atoms with van der Waals surface area (Å²) in [6, 6.07) is 10.3. The fourth-order valence-corrected chi connectivity index (χ4v) is 5.56. The average molecular weight is 449 g/mol. The molecular weight excluding hydrogens is 412 g/mol. The largest absolute Gasteiger partial charge is 0.373 e. The molecule has 7 nitrogen and oxygen atoms in total. The second kappa shape index (κ2) is 10.2. The quantitative estimate of drug-likeness (QED) is 0.708. The van der Waals surface area contributed by atoms with Crippen molar-refractivity contribution in [1.29, 1.82) is 0 Å². The van der Waals surface area contributed by atoms with Gasteiger partial charge in [-0.15, -0.1) is 0 Å². The molecule has 0 spiro atoms. The van der Waals surface area contributed by atoms with Crippen LogP contribution in [0.2, 0.25) is 0 Å². The van der Waals surface area contributed by atoms with Crippen LogP contribution in [-0.2, 0) is 24.2 Å². The van der Waals surface area contributed by atoms with E-state index in [1.54, 1.807) is 0 Å². The molecule has 1 atom stereocenters. The summed E-state index contributed by atoms with van der Waals surface area (Å²) < 4.78 is 0. The molecule has 7 heteroatoms. The van der Waals surface area contributed by atoms with E-state index in [0.29, 0.717) is 12.5 Å². The molecule has 2 fully saturated rings. The lowest BCUT2D eigenvalue weighted by Crippen LogP contribution is -2.50. The van der Waals surface area contributed by atoms with Crippen LogP contribution in [0.4, 0.5) is 5.82 Å². The van der Waals surface area contributed by atoms with Crippen LogP contribution in [0.5, 0.6) is 0 Å². The highest BCUT2D eigenvalue weighted by molar-refractivity contribution is 5.82. The number of hydrogen-bond donors (Lipinski definition) is 2. The maximum atomic E-state index is 13.8. The van der Waals surface area contributed by atoms with Gasteiger partial charge < -0.3 is 15.5 Å². The van der Waals surface area contributed by atoms with Gasteiger partial charge >= 0.3 is 0 Å². The summed E-state index contributed by atoms with van der Waals surface area (Å²) in [5.74, 6) is 2.54. The molecule has 1 amide bonds. The van der Waals surface area contributed by atoms with Gasteiger partial charge in [0.2, 0.25) is 5.91 Å². The monoisotopic (exact) mass is 448 g/mol. The van der Waals surface area contributed by atoms with Crippen LogP contribution in [0.3, 0.4) is 0 Å². The number of hydrogen-bond acceptors (Lipinski definition) is 6. The molecule has 1 aromatic carbocycles. The summed E-state index contributed by atoms with van der Waals surface area (Å²) in [5.41, 5.74) is 3.44. The van der Waals surface area contributed by atoms with Gasteiger partial charge in [-0.3, -0.25) is 9.69 Å². The van der Waals surface area contributed by atoms with E-state index >= 15 is 0 Å². The highest BCUT2D eigenvalue weighted by atomic mass is 16.2. The van der Waals surface area contributed by atoms with Crippen molar-refractivity contribution in [3.63, 3.8) is 0 Å². The molecule has 3 aliphatic rings. The lowest BCUT2D eigenvalue weighted by atomic mass is 9.96. The highest BCUT2D eigenvalue weighted by Gasteiger charge is 2.34. The third kappa shape index (κ3) is 4.89. The minimum absolute atomic E-state index is 0.0931. The standard InChI is InChI=1S/C26H36N6O/c1-27-25-21-18-32(16-11-22(21)29-24(30-25)20-9-12-28-13-10-20)26(33)23(31-14-5-6-15-31)17-19-7-3-2-4-8-19/h2-4,7-8,20,23,28H,5-6,9-18H2,1H3,(H,27,29,30)/t23-/m1/s1. The first-order valence-electron chi connectivity index (χ1n) is 12.6. The van der Waals surface area contributed by atoms with E-state index in [1.807, 2.05) is 18.0 Å². The topological polar surface area (TPSA) is 73.4 Å². The predicted octanol–water partition coefficient (Wildman–Crippen LogP) is 2.58. The molecule has 0 bridgehead atoms. The Morgan fingerprint density at radius 3 is 2.61 bits per heavy atom. The number of carbonyl (C=O) groups excluding carboxylic acids is 1. The molecule has 0 unspecified atom stereocenters. The number of piperidine rings is 1. The maximum absolute atomic E-state index is 13.8. The molecule has 2 N–H and O–H groups in total. The number of amides is 1. The molecule has 2 aromatic rings. The number of likely N-dealkylation sites (tertiary alicyclic amines) is 1. The van der Waals surface area contributed by atoms with Crippen molar-refractivity contribution < 1.29 is 4.79 Å². The summed E-state index contributed by atoms with van der Waals surface area (Å²) in [4.78, 5) is 28.2. The number of anilines is 1. The number of nitrogens with zero attached hydrogens (tertiary/aromatic N) is 4. The fourth-order valence-electron chi connectivity index (χ4n) is 5.56. The Kier molecular flexibility index (Phi) is 6.88. The van der Waals surface area contributed by atoms with Gasteiger partial charge in [-0.2, -0.15) is 0 Å². The van der Waals surface area contributed by atoms with E-state index in [0.717, 1.165) is 81.3 Å². The highest BCUT2D eigenvalue weighted by Crippen LogP contribution is 2.30. The van der Waals surface area contributed by atoms with E-state index < -0.39 is 0 Å². The first-order chi connectivity index (χ1) is 16.2. The Bertz CT molecular complexity index is 936. The number of fused-ring (bicyclic) bond motifs is 1. The van der Waals surface area contributed by atoms with Gasteiger partial charge in [0.05, 0.1) is 18.3 Å². The zero-order chi connectivity index (χ0) is 22.6. The Morgan fingerprint density at radius 2 is 1.88 bits per heavy atom. The molecule has 33 heavy (non-hydrogen) atoms. The van der Waals surface area contributed by atoms with E-state index in [-0.39, 0.29) is 11.9 Å². The molecule has 3 aliphatic heterocycles. The summed E-state index contributed by atoms with van der Waals surface area (Å²) >= 11 is 0. The third-order valence-electron chi connectivity index (χ3n) is 7.47. The molecule has 2 saturated heterocycles. The summed E-state index contributed by atoms with van der Waals surface area (Å²) in [6.45, 7) is 5.41. The smallest absolute Gasteiger partial charge is 0.240 e. The molecule has 4 heterocycles. The first kappa shape index (κ1) is 22.3. The Labute approximate surface area is 197 Å². The van der Waals surface area contributed by atoms with Crippen LogP contribution in [0, 0.1) is 0 Å². The molecular formula is C26H36N6O. The summed E-state index contributed by atoms with van der Waals surface area (Å²) in [5, 5.41) is 6.73. The normalized spacial score (nSPS) is 20.5. The average Bonchev–Trinajstić information content (AvgIpc) is 3.42. The van der Waals surface area contributed by atoms with Gasteiger partial charge in [-0.05, 0) is 63.8 Å². The summed E-state index contributed by atoms with van der Waals surface area (Å²) in [7, 11) is 1.93. The fraction of sp³-hybridized carbons (Fsp3) is 0.577. The molecule has 0 radical (unpaired) electrons. The third-order valence-corrected chi connectivity index (χ3v) is 7.47. The molecule has 1 aromatic heterocycles. The Morgan fingerprint density at radius 1 is 1.12 bits per heavy atom. The van der Waals surface area contributed by atoms with Crippen molar-refractivity contribution in [2.24, 2.45) is 0 Å². The molecule has 5 rings (SSSR count). The molecule has 0 saturated carbocycles. The van der Waals surface area contributed by atoms with Crippen molar-refractivity contribution in [3.8, 4) is 0 Å². The first-order valence-corrected chi connectivity index (χ1v) is 12.6. The minimum atomic E-state index is -0.0931. The SMILES string of the molecule is CNc1nc(C2CCNCC2)nc2c1CN(C(=O)[C@@H](Cc1ccccc1)N1CCCC1)CC2. The van der Waals surface area contributed by atoms with Crippen LogP contribution < -0.4 is 10.6 Å². The maximum Gasteiger partial charge on any atom is 0.240 e. The molecule has 176 valence electrons. The van der Waals surface area contributed by atoms with E-state index in [2.05, 4.69) is 39.8 Å². The number of rotatable bonds is 6. The zero-order valence-electron chi connectivity index (χ0n) is 19.7. The summed E-state index contributed by atoms with van der Waals surface area (Å²) in [6.07, 6.45) is 6.10. The van der Waals surface area contributed by atoms with Gasteiger partial charge in [0.25, 0.3) is 0 Å². The second-order valence-electron chi connectivity index (χ2n) is 9.59. The number of aromatic nitrogens is 2. The van der Waals surface area contributed by atoms with Crippen LogP contribution in [0.25, 0.3) is 0 Å². The van der Waals surface area contributed by atoms with Gasteiger partial charge in [0.15, 0.2) is 0 Å². The van der Waals surface area contributed by atoms with Crippen LogP contribution in [0.15, 0.2) is 30.3 Å². The predicted molar refractivity (Wildman–Crippen MR) is 130 cm³/mol. The van der Waals surface area contributed by atoms with Crippen molar-refractivity contribution in [2.45, 2.75) is 57.0 Å². The van der Waals surface area contributed by atoms with E-state index in [9.17, 15) is 4.79 Å². The Balaban J connectivity index is 1.36. The van der Waals surface area contributed by atoms with Gasteiger partial charge in [0.1, 0.15) is 11.6 Å². The lowest BCUT2D eigenvalue weighted by molar-refractivity contribution is -0.137. The van der Waals surface area contributed by atoms with E-state index in [1.165, 1.54) is 18.4 Å². The van der Waals surface area contributed by atoms with E-state index in [4.69, 9.17) is 9.97 Å². The van der Waals surface area contributed by atoms with Crippen molar-refractivity contribution in [2.75, 3.05) is 45.1 Å². The zero-order valence-corrected chi connectivity index (χ0v) is 19.7. The van der Waals surface area contributed by atoms with Crippen molar-refractivity contribution in [3.05, 3.63) is 53.0 Å². The van der Waals surface area contributed by atoms with Gasteiger partial charge in [-0.25, -0.2) is 9.97 Å². The van der Waals surface area contributed by atoms with Gasteiger partial charge in [0, 0.05) is 31.5 Å². The minimum Gasteiger partial charge on any atom is -0.373 e. The van der Waals surface area contributed by atoms with Gasteiger partial charge in [-0.1, -0.05) is 30.3 Å². The van der Waals surface area contributed by atoms with Crippen LogP contribution in [0.1, 0.15) is 54.2 Å². The molecule has 0 aliphatic carbocycles. The van der Waals surface area contributed by atoms with Crippen molar-refractivity contribution in [1.82, 2.24) is 25.1 Å². The van der Waals surface area contributed by atoms with Crippen LogP contribution >= 0.6 is 0 Å². The lowest BCUT2D eigenvalue weighted by Gasteiger charge is -2.35. The Hall–Kier alpha value is -2.51. The number of nitrogens with one attached hydrogen (secondary N) is 2. The number of benzene rings is 1. The number of carbonyl (C=O) groups is 1.